The molecule has 0 fully saturated rings. The number of aliphatic imine (C=N–C) groups is 1. The van der Waals surface area contributed by atoms with Crippen LogP contribution in [0.15, 0.2) is 11.2 Å². The molecule has 1 rings (SSSR count). The van der Waals surface area contributed by atoms with Gasteiger partial charge >= 0.3 is 0 Å². The van der Waals surface area contributed by atoms with Gasteiger partial charge in [-0.3, -0.25) is 0 Å². The quantitative estimate of drug-likeness (QED) is 0.269. The Labute approximate surface area is 156 Å². The molecule has 0 saturated carbocycles. The Morgan fingerprint density at radius 1 is 1.27 bits per heavy atom. The number of thiazole rings is 1. The highest BCUT2D eigenvalue weighted by Crippen LogP contribution is 2.11. The van der Waals surface area contributed by atoms with Crippen LogP contribution in [0.3, 0.4) is 0 Å². The number of guanidine groups is 1. The van der Waals surface area contributed by atoms with Crippen LogP contribution in [0.5, 0.6) is 0 Å². The third-order valence-electron chi connectivity index (χ3n) is 3.22. The second kappa shape index (κ2) is 13.1. The van der Waals surface area contributed by atoms with Crippen molar-refractivity contribution in [3.63, 3.8) is 0 Å². The first-order chi connectivity index (χ1) is 10.2. The number of nitrogens with zero attached hydrogens (tertiary/aromatic N) is 3. The molecule has 0 unspecified atom stereocenters. The average molecular weight is 439 g/mol. The van der Waals surface area contributed by atoms with Gasteiger partial charge in [0.05, 0.1) is 6.54 Å². The molecule has 0 bridgehead atoms. The van der Waals surface area contributed by atoms with Crippen molar-refractivity contribution >= 4 is 41.3 Å². The molecule has 0 amide bonds. The summed E-state index contributed by atoms with van der Waals surface area (Å²) in [5.41, 5.74) is 0. The number of halogens is 1. The Bertz CT molecular complexity index is 418. The Morgan fingerprint density at radius 2 is 2.00 bits per heavy atom. The topological polar surface area (TPSA) is 52.6 Å². The number of rotatable bonds is 9. The molecule has 22 heavy (non-hydrogen) atoms. The van der Waals surface area contributed by atoms with E-state index < -0.39 is 0 Å². The number of aryl methyl sites for hydroxylation is 1. The van der Waals surface area contributed by atoms with Gasteiger partial charge in [-0.1, -0.05) is 13.8 Å². The Kier molecular flexibility index (Phi) is 12.8. The summed E-state index contributed by atoms with van der Waals surface area (Å²) in [5, 5.41) is 7.73. The smallest absolute Gasteiger partial charge is 0.191 e. The normalized spacial score (nSPS) is 11.4. The maximum atomic E-state index is 4.58. The van der Waals surface area contributed by atoms with Crippen molar-refractivity contribution in [2.24, 2.45) is 4.99 Å². The first-order valence-corrected chi connectivity index (χ1v) is 8.67. The molecule has 0 aromatic carbocycles. The summed E-state index contributed by atoms with van der Waals surface area (Å²) >= 11 is 1.71. The molecule has 2 N–H and O–H groups in total. The van der Waals surface area contributed by atoms with E-state index in [9.17, 15) is 0 Å². The van der Waals surface area contributed by atoms with Crippen LogP contribution in [0.1, 0.15) is 37.1 Å². The van der Waals surface area contributed by atoms with Crippen molar-refractivity contribution in [3.8, 4) is 0 Å². The fourth-order valence-corrected chi connectivity index (χ4v) is 2.72. The van der Waals surface area contributed by atoms with Gasteiger partial charge in [-0.05, 0) is 39.9 Å². The minimum atomic E-state index is 0. The largest absolute Gasteiger partial charge is 0.357 e. The third-order valence-corrected chi connectivity index (χ3v) is 4.12. The van der Waals surface area contributed by atoms with Gasteiger partial charge in [0, 0.05) is 24.2 Å². The minimum absolute atomic E-state index is 0. The first-order valence-electron chi connectivity index (χ1n) is 7.85. The van der Waals surface area contributed by atoms with Gasteiger partial charge in [-0.15, -0.1) is 35.3 Å². The van der Waals surface area contributed by atoms with E-state index in [0.29, 0.717) is 6.54 Å². The molecular formula is C15H30IN5S. The van der Waals surface area contributed by atoms with E-state index in [4.69, 9.17) is 0 Å². The van der Waals surface area contributed by atoms with Gasteiger partial charge in [0.1, 0.15) is 5.01 Å². The van der Waals surface area contributed by atoms with Crippen LogP contribution < -0.4 is 10.6 Å². The van der Waals surface area contributed by atoms with Crippen molar-refractivity contribution in [2.45, 2.75) is 40.7 Å². The molecule has 0 spiro atoms. The first kappa shape index (κ1) is 21.6. The lowest BCUT2D eigenvalue weighted by atomic mass is 10.3. The molecule has 0 saturated heterocycles. The molecule has 1 aromatic heterocycles. The molecule has 5 nitrogen and oxygen atoms in total. The summed E-state index contributed by atoms with van der Waals surface area (Å²) < 4.78 is 0. The molecular weight excluding hydrogens is 409 g/mol. The van der Waals surface area contributed by atoms with Crippen molar-refractivity contribution in [3.05, 3.63) is 16.1 Å². The van der Waals surface area contributed by atoms with Crippen molar-refractivity contribution in [1.82, 2.24) is 20.5 Å². The zero-order valence-electron chi connectivity index (χ0n) is 14.2. The monoisotopic (exact) mass is 439 g/mol. The Balaban J connectivity index is 0.00000441. The molecule has 7 heteroatoms. The fraction of sp³-hybridized carbons (Fsp3) is 0.733. The maximum Gasteiger partial charge on any atom is 0.191 e. The van der Waals surface area contributed by atoms with Crippen LogP contribution in [-0.2, 0) is 6.54 Å². The van der Waals surface area contributed by atoms with Crippen LogP contribution in [0.25, 0.3) is 0 Å². The SMILES string of the molecule is CCNC(=NCc1ncc(C)s1)NCCCN(CC)CC.I. The lowest BCUT2D eigenvalue weighted by Crippen LogP contribution is -2.38. The number of nitrogens with one attached hydrogen (secondary N) is 2. The highest BCUT2D eigenvalue weighted by Gasteiger charge is 2.01. The predicted octanol–water partition coefficient (Wildman–Crippen LogP) is 2.86. The van der Waals surface area contributed by atoms with E-state index >= 15 is 0 Å². The summed E-state index contributed by atoms with van der Waals surface area (Å²) in [6.45, 7) is 14.4. The summed E-state index contributed by atoms with van der Waals surface area (Å²) in [7, 11) is 0. The Hall–Kier alpha value is -0.410. The van der Waals surface area contributed by atoms with E-state index in [-0.39, 0.29) is 24.0 Å². The molecule has 0 radical (unpaired) electrons. The third kappa shape index (κ3) is 8.89. The predicted molar refractivity (Wildman–Crippen MR) is 107 cm³/mol. The van der Waals surface area contributed by atoms with E-state index in [1.54, 1.807) is 11.3 Å². The van der Waals surface area contributed by atoms with Gasteiger partial charge < -0.3 is 15.5 Å². The van der Waals surface area contributed by atoms with Gasteiger partial charge in [0.15, 0.2) is 5.96 Å². The van der Waals surface area contributed by atoms with Crippen molar-refractivity contribution in [1.29, 1.82) is 0 Å². The summed E-state index contributed by atoms with van der Waals surface area (Å²) in [6.07, 6.45) is 3.03. The lowest BCUT2D eigenvalue weighted by molar-refractivity contribution is 0.300. The fourth-order valence-electron chi connectivity index (χ4n) is 2.01. The van der Waals surface area contributed by atoms with Gasteiger partial charge in [-0.25, -0.2) is 9.98 Å². The van der Waals surface area contributed by atoms with E-state index in [0.717, 1.165) is 50.1 Å². The average Bonchev–Trinajstić information content (AvgIpc) is 2.90. The zero-order chi connectivity index (χ0) is 15.5. The number of aromatic nitrogens is 1. The molecule has 0 aliphatic carbocycles. The van der Waals surface area contributed by atoms with Crippen LogP contribution in [-0.4, -0.2) is 48.6 Å². The van der Waals surface area contributed by atoms with Crippen molar-refractivity contribution < 1.29 is 0 Å². The van der Waals surface area contributed by atoms with Crippen LogP contribution in [0.4, 0.5) is 0 Å². The van der Waals surface area contributed by atoms with E-state index in [1.807, 2.05) is 6.20 Å². The van der Waals surface area contributed by atoms with Crippen LogP contribution in [0, 0.1) is 6.92 Å². The summed E-state index contributed by atoms with van der Waals surface area (Å²) in [6, 6.07) is 0. The summed E-state index contributed by atoms with van der Waals surface area (Å²) in [5.74, 6) is 0.880. The summed E-state index contributed by atoms with van der Waals surface area (Å²) in [4.78, 5) is 12.6. The molecule has 0 aliphatic heterocycles. The van der Waals surface area contributed by atoms with Gasteiger partial charge in [-0.2, -0.15) is 0 Å². The zero-order valence-corrected chi connectivity index (χ0v) is 17.3. The molecule has 128 valence electrons. The Morgan fingerprint density at radius 3 is 2.55 bits per heavy atom. The molecule has 0 atom stereocenters. The maximum absolute atomic E-state index is 4.58. The highest BCUT2D eigenvalue weighted by molar-refractivity contribution is 14.0. The van der Waals surface area contributed by atoms with Crippen molar-refractivity contribution in [2.75, 3.05) is 32.7 Å². The minimum Gasteiger partial charge on any atom is -0.357 e. The second-order valence-corrected chi connectivity index (χ2v) is 6.19. The standard InChI is InChI=1S/C15H29N5S.HI/c1-5-16-15(17-9-8-10-20(6-2)7-3)19-12-14-18-11-13(4)21-14;/h11H,5-10,12H2,1-4H3,(H2,16,17,19);1H. The molecule has 1 heterocycles. The molecule has 0 aliphatic rings. The second-order valence-electron chi connectivity index (χ2n) is 4.87. The van der Waals surface area contributed by atoms with Crippen LogP contribution >= 0.6 is 35.3 Å². The number of hydrogen-bond acceptors (Lipinski definition) is 4. The van der Waals surface area contributed by atoms with E-state index in [1.165, 1.54) is 4.88 Å². The van der Waals surface area contributed by atoms with E-state index in [2.05, 4.69) is 53.2 Å². The van der Waals surface area contributed by atoms with Gasteiger partial charge in [0.2, 0.25) is 0 Å². The lowest BCUT2D eigenvalue weighted by Gasteiger charge is -2.18. The highest BCUT2D eigenvalue weighted by atomic mass is 127. The van der Waals surface area contributed by atoms with Crippen LogP contribution in [0.2, 0.25) is 0 Å². The molecule has 1 aromatic rings. The number of hydrogen-bond donors (Lipinski definition) is 2. The van der Waals surface area contributed by atoms with Gasteiger partial charge in [0.25, 0.3) is 0 Å².